The molecule has 0 bridgehead atoms. The van der Waals surface area contributed by atoms with Crippen LogP contribution in [0.5, 0.6) is 0 Å². The minimum atomic E-state index is -0.104. The Balaban J connectivity index is 2.07. The van der Waals surface area contributed by atoms with E-state index < -0.39 is 0 Å². The third-order valence-electron chi connectivity index (χ3n) is 4.45. The summed E-state index contributed by atoms with van der Waals surface area (Å²) in [6.45, 7) is 10.3. The molecule has 1 aliphatic rings. The zero-order chi connectivity index (χ0) is 15.0. The van der Waals surface area contributed by atoms with Gasteiger partial charge in [-0.15, -0.1) is 0 Å². The third-order valence-corrected chi connectivity index (χ3v) is 4.45. The normalized spacial score (nSPS) is 19.2. The fourth-order valence-electron chi connectivity index (χ4n) is 2.84. The predicted octanol–water partition coefficient (Wildman–Crippen LogP) is 2.02. The van der Waals surface area contributed by atoms with E-state index in [1.54, 1.807) is 0 Å². The SMILES string of the molecule is CCC(CC(=O)NCCCN1CCC(O)CC1)C(C)C. The standard InChI is InChI=1S/C16H32N2O2/c1-4-14(13(2)3)12-16(20)17-8-5-9-18-10-6-15(19)7-11-18/h13-15,19H,4-12H2,1-3H3,(H,17,20). The van der Waals surface area contributed by atoms with E-state index in [1.165, 1.54) is 0 Å². The van der Waals surface area contributed by atoms with Gasteiger partial charge in [0.1, 0.15) is 0 Å². The van der Waals surface area contributed by atoms with Gasteiger partial charge in [-0.25, -0.2) is 0 Å². The molecule has 1 heterocycles. The molecule has 1 unspecified atom stereocenters. The van der Waals surface area contributed by atoms with Gasteiger partial charge in [0.25, 0.3) is 0 Å². The van der Waals surface area contributed by atoms with Crippen LogP contribution in [-0.4, -0.2) is 48.2 Å². The van der Waals surface area contributed by atoms with Crippen LogP contribution in [0.2, 0.25) is 0 Å². The Morgan fingerprint density at radius 2 is 2.00 bits per heavy atom. The summed E-state index contributed by atoms with van der Waals surface area (Å²) >= 11 is 0. The molecule has 1 saturated heterocycles. The number of nitrogens with one attached hydrogen (secondary N) is 1. The summed E-state index contributed by atoms with van der Waals surface area (Å²) in [5.74, 6) is 1.27. The molecular formula is C16H32N2O2. The highest BCUT2D eigenvalue weighted by Crippen LogP contribution is 2.18. The van der Waals surface area contributed by atoms with Crippen molar-refractivity contribution >= 4 is 5.91 Å². The first-order chi connectivity index (χ1) is 9.52. The molecule has 118 valence electrons. The number of piperidine rings is 1. The fourth-order valence-corrected chi connectivity index (χ4v) is 2.84. The minimum Gasteiger partial charge on any atom is -0.393 e. The van der Waals surface area contributed by atoms with Gasteiger partial charge in [-0.3, -0.25) is 4.79 Å². The maximum absolute atomic E-state index is 11.9. The van der Waals surface area contributed by atoms with Gasteiger partial charge in [0.15, 0.2) is 0 Å². The molecule has 1 atom stereocenters. The first kappa shape index (κ1) is 17.4. The molecule has 1 fully saturated rings. The van der Waals surface area contributed by atoms with Crippen molar-refractivity contribution in [1.82, 2.24) is 10.2 Å². The van der Waals surface area contributed by atoms with Crippen molar-refractivity contribution in [2.24, 2.45) is 11.8 Å². The maximum atomic E-state index is 11.9. The average molecular weight is 284 g/mol. The molecular weight excluding hydrogens is 252 g/mol. The van der Waals surface area contributed by atoms with E-state index in [-0.39, 0.29) is 12.0 Å². The summed E-state index contributed by atoms with van der Waals surface area (Å²) in [5.41, 5.74) is 0. The molecule has 1 aliphatic heterocycles. The second kappa shape index (κ2) is 9.35. The number of aliphatic hydroxyl groups excluding tert-OH is 1. The number of carbonyl (C=O) groups excluding carboxylic acids is 1. The maximum Gasteiger partial charge on any atom is 0.220 e. The number of aliphatic hydroxyl groups is 1. The summed E-state index contributed by atoms with van der Waals surface area (Å²) in [4.78, 5) is 14.2. The van der Waals surface area contributed by atoms with Crippen LogP contribution < -0.4 is 5.32 Å². The first-order valence-electron chi connectivity index (χ1n) is 8.20. The van der Waals surface area contributed by atoms with E-state index in [0.29, 0.717) is 18.3 Å². The highest BCUT2D eigenvalue weighted by Gasteiger charge is 2.17. The summed E-state index contributed by atoms with van der Waals surface area (Å²) in [6, 6.07) is 0. The van der Waals surface area contributed by atoms with Gasteiger partial charge in [0.05, 0.1) is 6.10 Å². The van der Waals surface area contributed by atoms with Gasteiger partial charge < -0.3 is 15.3 Å². The van der Waals surface area contributed by atoms with Crippen LogP contribution >= 0.6 is 0 Å². The van der Waals surface area contributed by atoms with Crippen molar-refractivity contribution in [2.45, 2.75) is 59.0 Å². The summed E-state index contributed by atoms with van der Waals surface area (Å²) in [6.07, 6.45) is 4.40. The molecule has 0 aliphatic carbocycles. The number of hydrogen-bond donors (Lipinski definition) is 2. The van der Waals surface area contributed by atoms with Crippen LogP contribution in [0.4, 0.5) is 0 Å². The van der Waals surface area contributed by atoms with E-state index in [4.69, 9.17) is 0 Å². The Morgan fingerprint density at radius 1 is 1.35 bits per heavy atom. The second-order valence-corrected chi connectivity index (χ2v) is 6.39. The van der Waals surface area contributed by atoms with Gasteiger partial charge in [-0.2, -0.15) is 0 Å². The van der Waals surface area contributed by atoms with Crippen molar-refractivity contribution in [2.75, 3.05) is 26.2 Å². The number of likely N-dealkylation sites (tertiary alicyclic amines) is 1. The minimum absolute atomic E-state index is 0.104. The molecule has 0 aromatic heterocycles. The van der Waals surface area contributed by atoms with Crippen molar-refractivity contribution in [3.8, 4) is 0 Å². The fraction of sp³-hybridized carbons (Fsp3) is 0.938. The van der Waals surface area contributed by atoms with Crippen LogP contribution in [0.15, 0.2) is 0 Å². The van der Waals surface area contributed by atoms with Gasteiger partial charge in [-0.1, -0.05) is 27.2 Å². The highest BCUT2D eigenvalue weighted by molar-refractivity contribution is 5.76. The molecule has 1 rings (SSSR count). The Morgan fingerprint density at radius 3 is 2.55 bits per heavy atom. The Kier molecular flexibility index (Phi) is 8.15. The van der Waals surface area contributed by atoms with Crippen molar-refractivity contribution in [3.63, 3.8) is 0 Å². The Bertz CT molecular complexity index is 274. The lowest BCUT2D eigenvalue weighted by Gasteiger charge is -2.29. The number of rotatable bonds is 8. The molecule has 0 aromatic rings. The predicted molar refractivity (Wildman–Crippen MR) is 82.5 cm³/mol. The van der Waals surface area contributed by atoms with Crippen LogP contribution in [0, 0.1) is 11.8 Å². The molecule has 0 saturated carbocycles. The van der Waals surface area contributed by atoms with E-state index in [0.717, 1.165) is 51.9 Å². The third kappa shape index (κ3) is 6.71. The molecule has 4 nitrogen and oxygen atoms in total. The molecule has 0 spiro atoms. The molecule has 0 radical (unpaired) electrons. The van der Waals surface area contributed by atoms with E-state index in [1.807, 2.05) is 0 Å². The van der Waals surface area contributed by atoms with E-state index in [2.05, 4.69) is 31.0 Å². The first-order valence-corrected chi connectivity index (χ1v) is 8.20. The average Bonchev–Trinajstić information content (AvgIpc) is 2.42. The Hall–Kier alpha value is -0.610. The van der Waals surface area contributed by atoms with Crippen LogP contribution in [0.3, 0.4) is 0 Å². The number of hydrogen-bond acceptors (Lipinski definition) is 3. The summed E-state index contributed by atoms with van der Waals surface area (Å²) in [5, 5.41) is 12.5. The van der Waals surface area contributed by atoms with Gasteiger partial charge in [-0.05, 0) is 37.6 Å². The molecule has 20 heavy (non-hydrogen) atoms. The van der Waals surface area contributed by atoms with Crippen LogP contribution in [-0.2, 0) is 4.79 Å². The highest BCUT2D eigenvalue weighted by atomic mass is 16.3. The lowest BCUT2D eigenvalue weighted by atomic mass is 9.90. The smallest absolute Gasteiger partial charge is 0.220 e. The molecule has 2 N–H and O–H groups in total. The monoisotopic (exact) mass is 284 g/mol. The van der Waals surface area contributed by atoms with Gasteiger partial charge >= 0.3 is 0 Å². The van der Waals surface area contributed by atoms with Crippen molar-refractivity contribution in [3.05, 3.63) is 0 Å². The van der Waals surface area contributed by atoms with Gasteiger partial charge in [0, 0.05) is 26.1 Å². The van der Waals surface area contributed by atoms with E-state index >= 15 is 0 Å². The lowest BCUT2D eigenvalue weighted by Crippen LogP contribution is -2.37. The van der Waals surface area contributed by atoms with Crippen LogP contribution in [0.25, 0.3) is 0 Å². The quantitative estimate of drug-likeness (QED) is 0.671. The largest absolute Gasteiger partial charge is 0.393 e. The van der Waals surface area contributed by atoms with Gasteiger partial charge in [0.2, 0.25) is 5.91 Å². The topological polar surface area (TPSA) is 52.6 Å². The molecule has 4 heteroatoms. The Labute approximate surface area is 123 Å². The number of carbonyl (C=O) groups is 1. The molecule has 1 amide bonds. The number of amides is 1. The zero-order valence-corrected chi connectivity index (χ0v) is 13.4. The summed E-state index contributed by atoms with van der Waals surface area (Å²) in [7, 11) is 0. The van der Waals surface area contributed by atoms with Crippen molar-refractivity contribution in [1.29, 1.82) is 0 Å². The zero-order valence-electron chi connectivity index (χ0n) is 13.4. The molecule has 0 aromatic carbocycles. The van der Waals surface area contributed by atoms with Crippen LogP contribution in [0.1, 0.15) is 52.9 Å². The lowest BCUT2D eigenvalue weighted by molar-refractivity contribution is -0.122. The number of nitrogens with zero attached hydrogens (tertiary/aromatic N) is 1. The summed E-state index contributed by atoms with van der Waals surface area (Å²) < 4.78 is 0. The van der Waals surface area contributed by atoms with Crippen molar-refractivity contribution < 1.29 is 9.90 Å². The second-order valence-electron chi connectivity index (χ2n) is 6.39. The van der Waals surface area contributed by atoms with E-state index in [9.17, 15) is 9.90 Å².